The van der Waals surface area contributed by atoms with E-state index in [4.69, 9.17) is 39.4 Å². The van der Waals surface area contributed by atoms with Gasteiger partial charge in [-0.3, -0.25) is 20.2 Å². The minimum absolute atomic E-state index is 0.0577. The van der Waals surface area contributed by atoms with E-state index in [0.29, 0.717) is 11.3 Å². The van der Waals surface area contributed by atoms with E-state index in [1.54, 1.807) is 18.2 Å². The number of halogens is 1. The lowest BCUT2D eigenvalue weighted by molar-refractivity contribution is -0.123. The first-order valence-electron chi connectivity index (χ1n) is 7.77. The number of hydrogen-bond donors (Lipinski definition) is 2. The zero-order valence-electron chi connectivity index (χ0n) is 14.1. The van der Waals surface area contributed by atoms with Crippen LogP contribution in [0.5, 0.6) is 0 Å². The van der Waals surface area contributed by atoms with E-state index in [1.807, 2.05) is 0 Å². The van der Waals surface area contributed by atoms with Crippen molar-refractivity contribution in [2.24, 2.45) is 0 Å². The van der Waals surface area contributed by atoms with Crippen LogP contribution in [0.25, 0.3) is 17.4 Å². The van der Waals surface area contributed by atoms with Gasteiger partial charge in [0, 0.05) is 5.56 Å². The first-order valence-corrected chi connectivity index (χ1v) is 8.56. The maximum atomic E-state index is 12.0. The molecule has 0 atom stereocenters. The molecule has 140 valence electrons. The standard InChI is InChI=1S/C19H11ClN2O5S/c1-2-7-26-18(25)12-8-10(3-5-14(12)20)15-6-4-11(27-15)9-13-16(23)21-19(28)22-17(13)24/h1,3-6,8-9H,7H2,(H2,21,22,23,24,28). The van der Waals surface area contributed by atoms with Gasteiger partial charge in [-0.15, -0.1) is 6.42 Å². The zero-order valence-corrected chi connectivity index (χ0v) is 15.6. The normalized spacial score (nSPS) is 13.4. The number of carbonyl (C=O) groups is 3. The molecule has 0 bridgehead atoms. The Hall–Kier alpha value is -3.41. The molecular weight excluding hydrogens is 404 g/mol. The molecular formula is C19H11ClN2O5S. The van der Waals surface area contributed by atoms with Crippen LogP contribution in [0.1, 0.15) is 16.1 Å². The van der Waals surface area contributed by atoms with Gasteiger partial charge in [0.25, 0.3) is 11.8 Å². The third-order valence-corrected chi connectivity index (χ3v) is 4.15. The third-order valence-electron chi connectivity index (χ3n) is 3.61. The molecule has 1 aliphatic heterocycles. The Morgan fingerprint density at radius 2 is 1.96 bits per heavy atom. The minimum atomic E-state index is -0.662. The summed E-state index contributed by atoms with van der Waals surface area (Å²) in [4.78, 5) is 35.8. The Labute approximate surface area is 169 Å². The molecule has 2 amide bonds. The number of rotatable bonds is 4. The molecule has 3 rings (SSSR count). The van der Waals surface area contributed by atoms with Crippen LogP contribution in [0.3, 0.4) is 0 Å². The predicted molar refractivity (Wildman–Crippen MR) is 105 cm³/mol. The van der Waals surface area contributed by atoms with E-state index in [0.717, 1.165) is 0 Å². The van der Waals surface area contributed by atoms with Crippen LogP contribution in [0.2, 0.25) is 5.02 Å². The third kappa shape index (κ3) is 4.11. The Bertz CT molecular complexity index is 1060. The summed E-state index contributed by atoms with van der Waals surface area (Å²) in [5.41, 5.74) is 0.523. The molecule has 0 aliphatic carbocycles. The maximum absolute atomic E-state index is 12.0. The number of benzene rings is 1. The molecule has 0 saturated carbocycles. The van der Waals surface area contributed by atoms with Crippen molar-refractivity contribution in [3.8, 4) is 23.7 Å². The van der Waals surface area contributed by atoms with Crippen molar-refractivity contribution in [2.45, 2.75) is 0 Å². The van der Waals surface area contributed by atoms with E-state index in [-0.39, 0.29) is 33.6 Å². The van der Waals surface area contributed by atoms with Crippen molar-refractivity contribution in [1.82, 2.24) is 10.6 Å². The average Bonchev–Trinajstić information content (AvgIpc) is 3.11. The van der Waals surface area contributed by atoms with E-state index >= 15 is 0 Å². The summed E-state index contributed by atoms with van der Waals surface area (Å²) in [7, 11) is 0. The van der Waals surface area contributed by atoms with Gasteiger partial charge in [0.1, 0.15) is 17.1 Å². The second kappa shape index (κ2) is 8.08. The van der Waals surface area contributed by atoms with Gasteiger partial charge in [-0.25, -0.2) is 4.79 Å². The summed E-state index contributed by atoms with van der Waals surface area (Å²) in [6.45, 7) is -0.175. The average molecular weight is 415 g/mol. The van der Waals surface area contributed by atoms with Crippen LogP contribution >= 0.6 is 23.8 Å². The molecule has 1 aliphatic rings. The molecule has 0 radical (unpaired) electrons. The van der Waals surface area contributed by atoms with Gasteiger partial charge in [0.05, 0.1) is 10.6 Å². The van der Waals surface area contributed by atoms with Gasteiger partial charge in [-0.05, 0) is 48.6 Å². The fourth-order valence-electron chi connectivity index (χ4n) is 2.35. The van der Waals surface area contributed by atoms with Crippen molar-refractivity contribution < 1.29 is 23.5 Å². The summed E-state index contributed by atoms with van der Waals surface area (Å²) in [5, 5.41) is 4.81. The maximum Gasteiger partial charge on any atom is 0.340 e. The largest absolute Gasteiger partial charge is 0.457 e. The van der Waals surface area contributed by atoms with Crippen molar-refractivity contribution in [1.29, 1.82) is 0 Å². The Balaban J connectivity index is 1.88. The molecule has 1 fully saturated rings. The highest BCUT2D eigenvalue weighted by molar-refractivity contribution is 7.80. The number of amides is 2. The summed E-state index contributed by atoms with van der Waals surface area (Å²) >= 11 is 10.8. The SMILES string of the molecule is C#CCOC(=O)c1cc(-c2ccc(C=C3C(=O)NC(=S)NC3=O)o2)ccc1Cl. The summed E-state index contributed by atoms with van der Waals surface area (Å²) in [6, 6.07) is 7.85. The number of furan rings is 1. The number of terminal acetylenes is 1. The lowest BCUT2D eigenvalue weighted by Gasteiger charge is -2.15. The fourth-order valence-corrected chi connectivity index (χ4v) is 2.73. The lowest BCUT2D eigenvalue weighted by atomic mass is 10.1. The highest BCUT2D eigenvalue weighted by Crippen LogP contribution is 2.28. The van der Waals surface area contributed by atoms with Gasteiger partial charge in [0.2, 0.25) is 0 Å². The molecule has 1 aromatic heterocycles. The van der Waals surface area contributed by atoms with Gasteiger partial charge in [-0.2, -0.15) is 0 Å². The minimum Gasteiger partial charge on any atom is -0.457 e. The van der Waals surface area contributed by atoms with Gasteiger partial charge >= 0.3 is 5.97 Å². The molecule has 0 unspecified atom stereocenters. The topological polar surface area (TPSA) is 97.6 Å². The summed E-state index contributed by atoms with van der Waals surface area (Å²) in [6.07, 6.45) is 6.36. The van der Waals surface area contributed by atoms with Crippen LogP contribution in [-0.4, -0.2) is 29.5 Å². The van der Waals surface area contributed by atoms with Crippen LogP contribution in [0, 0.1) is 12.3 Å². The number of ether oxygens (including phenoxy) is 1. The van der Waals surface area contributed by atoms with E-state index in [2.05, 4.69) is 16.6 Å². The number of hydrogen-bond acceptors (Lipinski definition) is 6. The zero-order chi connectivity index (χ0) is 20.3. The van der Waals surface area contributed by atoms with Crippen LogP contribution < -0.4 is 10.6 Å². The summed E-state index contributed by atoms with van der Waals surface area (Å²) in [5.74, 6) is 0.933. The van der Waals surface area contributed by atoms with Gasteiger partial charge < -0.3 is 9.15 Å². The molecule has 28 heavy (non-hydrogen) atoms. The molecule has 1 aromatic carbocycles. The molecule has 2 heterocycles. The van der Waals surface area contributed by atoms with E-state index < -0.39 is 17.8 Å². The molecule has 0 spiro atoms. The highest BCUT2D eigenvalue weighted by Gasteiger charge is 2.26. The second-order valence-corrected chi connectivity index (χ2v) is 6.29. The fraction of sp³-hybridized carbons (Fsp3) is 0.0526. The van der Waals surface area contributed by atoms with Crippen molar-refractivity contribution >= 4 is 52.8 Å². The predicted octanol–water partition coefficient (Wildman–Crippen LogP) is 2.30. The van der Waals surface area contributed by atoms with Crippen LogP contribution in [-0.2, 0) is 14.3 Å². The second-order valence-electron chi connectivity index (χ2n) is 5.47. The molecule has 2 aromatic rings. The Morgan fingerprint density at radius 3 is 2.64 bits per heavy atom. The lowest BCUT2D eigenvalue weighted by Crippen LogP contribution is -2.51. The molecule has 1 saturated heterocycles. The van der Waals surface area contributed by atoms with Gasteiger partial charge in [0.15, 0.2) is 11.7 Å². The van der Waals surface area contributed by atoms with Crippen molar-refractivity contribution in [3.05, 3.63) is 52.3 Å². The van der Waals surface area contributed by atoms with Crippen LogP contribution in [0.4, 0.5) is 0 Å². The smallest absolute Gasteiger partial charge is 0.340 e. The highest BCUT2D eigenvalue weighted by atomic mass is 35.5. The van der Waals surface area contributed by atoms with E-state index in [1.165, 1.54) is 18.2 Å². The number of carbonyl (C=O) groups excluding carboxylic acids is 3. The molecule has 9 heteroatoms. The van der Waals surface area contributed by atoms with Crippen LogP contribution in [0.15, 0.2) is 40.3 Å². The Kier molecular flexibility index (Phi) is 5.59. The van der Waals surface area contributed by atoms with Crippen molar-refractivity contribution in [3.63, 3.8) is 0 Å². The summed E-state index contributed by atoms with van der Waals surface area (Å²) < 4.78 is 10.5. The quantitative estimate of drug-likeness (QED) is 0.262. The number of esters is 1. The van der Waals surface area contributed by atoms with E-state index in [9.17, 15) is 14.4 Å². The van der Waals surface area contributed by atoms with Gasteiger partial charge in [-0.1, -0.05) is 17.5 Å². The first kappa shape index (κ1) is 19.4. The number of nitrogens with one attached hydrogen (secondary N) is 2. The first-order chi connectivity index (χ1) is 13.4. The molecule has 2 N–H and O–H groups in total. The molecule has 7 nitrogen and oxygen atoms in total. The monoisotopic (exact) mass is 414 g/mol. The Morgan fingerprint density at radius 1 is 1.25 bits per heavy atom. The number of thiocarbonyl (C=S) groups is 1. The van der Waals surface area contributed by atoms with Crippen molar-refractivity contribution in [2.75, 3.05) is 6.61 Å².